The smallest absolute Gasteiger partial charge is 0.159 e. The zero-order valence-corrected chi connectivity index (χ0v) is 22.9. The van der Waals surface area contributed by atoms with Crippen molar-refractivity contribution in [2.75, 3.05) is 0 Å². The average molecular weight is 494 g/mol. The van der Waals surface area contributed by atoms with Gasteiger partial charge in [-0.25, -0.2) is 0 Å². The first-order chi connectivity index (χ1) is 16.8. The van der Waals surface area contributed by atoms with Crippen molar-refractivity contribution in [3.05, 3.63) is 29.2 Å². The highest BCUT2D eigenvalue weighted by Gasteiger charge is 2.69. The molecule has 0 radical (unpaired) electrons. The number of hydrogen-bond donors (Lipinski definition) is 2. The fraction of sp³-hybridized carbons (Fsp3) is 0.767. The van der Waals surface area contributed by atoms with Crippen molar-refractivity contribution >= 4 is 11.6 Å². The molecule has 0 aromatic carbocycles. The SMILES string of the molecule is C[C@@H]1c2oncc2C[C@]2(C)C3=CC(=O)[C@@H]4[C@@H]5CC(C)(C)CC[C@]5(/C(N)=N/O)CC[C@@]4(C)[C@]3(C)CC[C@@H]12. The molecule has 3 N–H and O–H groups in total. The van der Waals surface area contributed by atoms with Crippen molar-refractivity contribution < 1.29 is 14.5 Å². The molecule has 6 rings (SSSR count). The lowest BCUT2D eigenvalue weighted by atomic mass is 9.34. The monoisotopic (exact) mass is 493 g/mol. The largest absolute Gasteiger partial charge is 0.409 e. The average Bonchev–Trinajstić information content (AvgIpc) is 3.28. The van der Waals surface area contributed by atoms with Gasteiger partial charge in [-0.2, -0.15) is 0 Å². The van der Waals surface area contributed by atoms with E-state index in [0.29, 0.717) is 17.7 Å². The Morgan fingerprint density at radius 1 is 1.11 bits per heavy atom. The third-order valence-corrected chi connectivity index (χ3v) is 12.6. The summed E-state index contributed by atoms with van der Waals surface area (Å²) in [5, 5.41) is 17.5. The van der Waals surface area contributed by atoms with Crippen LogP contribution in [-0.4, -0.2) is 22.0 Å². The normalized spacial score (nSPS) is 47.6. The maximum atomic E-state index is 14.4. The summed E-state index contributed by atoms with van der Waals surface area (Å²) in [6, 6.07) is 0. The van der Waals surface area contributed by atoms with Crippen LogP contribution in [0.15, 0.2) is 27.5 Å². The summed E-state index contributed by atoms with van der Waals surface area (Å²) in [6.45, 7) is 14.2. The molecule has 5 aliphatic rings. The lowest BCUT2D eigenvalue weighted by Gasteiger charge is -2.69. The molecule has 8 atom stereocenters. The fourth-order valence-corrected chi connectivity index (χ4v) is 10.4. The minimum absolute atomic E-state index is 0.0654. The van der Waals surface area contributed by atoms with Gasteiger partial charge in [-0.1, -0.05) is 57.4 Å². The lowest BCUT2D eigenvalue weighted by molar-refractivity contribution is -0.160. The molecule has 1 aromatic heterocycles. The van der Waals surface area contributed by atoms with E-state index >= 15 is 0 Å². The van der Waals surface area contributed by atoms with E-state index in [4.69, 9.17) is 10.3 Å². The minimum Gasteiger partial charge on any atom is -0.409 e. The highest BCUT2D eigenvalue weighted by molar-refractivity contribution is 5.97. The van der Waals surface area contributed by atoms with Gasteiger partial charge in [0, 0.05) is 22.8 Å². The van der Waals surface area contributed by atoms with Gasteiger partial charge < -0.3 is 15.5 Å². The van der Waals surface area contributed by atoms with Crippen LogP contribution in [0.2, 0.25) is 0 Å². The Labute approximate surface area is 215 Å². The molecule has 5 aliphatic carbocycles. The Kier molecular flexibility index (Phi) is 4.89. The molecule has 0 amide bonds. The van der Waals surface area contributed by atoms with Gasteiger partial charge in [0.15, 0.2) is 5.78 Å². The number of fused-ring (bicyclic) bond motifs is 8. The van der Waals surface area contributed by atoms with Gasteiger partial charge in [0.1, 0.15) is 11.6 Å². The molecule has 1 aromatic rings. The number of ketones is 1. The standard InChI is InChI=1S/C30H43N3O3/c1-17-19-7-8-28(5)22(27(19,4)14-18-16-32-36-24(17)18)13-21(34)23-20-15-26(2,3)9-11-30(20,25(31)33-35)12-10-29(23,28)6/h13,16-17,19-20,23,35H,7-12,14-15H2,1-6H3,(H2,31,33)/t17-,19-,20-,23-,27-,28+,29+,30-/m0/s1. The minimum atomic E-state index is -0.385. The number of nitrogens with zero attached hydrogens (tertiary/aromatic N) is 2. The van der Waals surface area contributed by atoms with E-state index in [1.54, 1.807) is 0 Å². The summed E-state index contributed by atoms with van der Waals surface area (Å²) in [4.78, 5) is 14.4. The molecule has 0 saturated heterocycles. The number of amidine groups is 1. The summed E-state index contributed by atoms with van der Waals surface area (Å²) < 4.78 is 5.69. The van der Waals surface area contributed by atoms with Gasteiger partial charge in [-0.3, -0.25) is 4.79 Å². The van der Waals surface area contributed by atoms with Crippen LogP contribution in [0.3, 0.4) is 0 Å². The Balaban J connectivity index is 1.50. The van der Waals surface area contributed by atoms with Crippen LogP contribution in [-0.2, 0) is 11.2 Å². The van der Waals surface area contributed by atoms with E-state index in [1.165, 1.54) is 11.1 Å². The van der Waals surface area contributed by atoms with Crippen LogP contribution in [0, 0.1) is 44.8 Å². The van der Waals surface area contributed by atoms with Crippen molar-refractivity contribution in [2.45, 2.75) is 98.8 Å². The Morgan fingerprint density at radius 2 is 1.83 bits per heavy atom. The number of allylic oxidation sites excluding steroid dienone is 2. The Hall–Kier alpha value is -2.11. The van der Waals surface area contributed by atoms with Gasteiger partial charge in [0.25, 0.3) is 0 Å². The van der Waals surface area contributed by atoms with E-state index < -0.39 is 0 Å². The van der Waals surface area contributed by atoms with Crippen molar-refractivity contribution in [1.82, 2.24) is 5.16 Å². The Morgan fingerprint density at radius 3 is 2.56 bits per heavy atom. The second-order valence-corrected chi connectivity index (χ2v) is 14.5. The number of oxime groups is 1. The van der Waals surface area contributed by atoms with Crippen LogP contribution >= 0.6 is 0 Å². The first-order valence-electron chi connectivity index (χ1n) is 14.0. The number of hydrogen-bond acceptors (Lipinski definition) is 5. The van der Waals surface area contributed by atoms with E-state index in [9.17, 15) is 10.0 Å². The molecule has 3 saturated carbocycles. The molecule has 3 fully saturated rings. The van der Waals surface area contributed by atoms with Gasteiger partial charge in [0.05, 0.1) is 6.20 Å². The maximum Gasteiger partial charge on any atom is 0.159 e. The van der Waals surface area contributed by atoms with E-state index in [2.05, 4.69) is 57.9 Å². The van der Waals surface area contributed by atoms with Crippen molar-refractivity contribution in [3.8, 4) is 0 Å². The molecule has 196 valence electrons. The number of aromatic nitrogens is 1. The topological polar surface area (TPSA) is 102 Å². The molecule has 6 heteroatoms. The quantitative estimate of drug-likeness (QED) is 0.209. The van der Waals surface area contributed by atoms with Crippen molar-refractivity contribution in [3.63, 3.8) is 0 Å². The Bertz CT molecular complexity index is 1180. The molecular weight excluding hydrogens is 450 g/mol. The summed E-state index contributed by atoms with van der Waals surface area (Å²) in [6.07, 6.45) is 11.8. The predicted octanol–water partition coefficient (Wildman–Crippen LogP) is 6.24. The molecule has 6 nitrogen and oxygen atoms in total. The van der Waals surface area contributed by atoms with Crippen molar-refractivity contribution in [1.29, 1.82) is 0 Å². The highest BCUT2D eigenvalue weighted by atomic mass is 16.5. The molecule has 0 spiro atoms. The predicted molar refractivity (Wildman–Crippen MR) is 138 cm³/mol. The maximum absolute atomic E-state index is 14.4. The third-order valence-electron chi connectivity index (χ3n) is 12.6. The number of nitrogens with two attached hydrogens (primary N) is 1. The van der Waals surface area contributed by atoms with E-state index in [-0.39, 0.29) is 44.7 Å². The number of carbonyl (C=O) groups excluding carboxylic acids is 1. The highest BCUT2D eigenvalue weighted by Crippen LogP contribution is 2.74. The fourth-order valence-electron chi connectivity index (χ4n) is 10.4. The molecule has 36 heavy (non-hydrogen) atoms. The third kappa shape index (κ3) is 2.77. The van der Waals surface area contributed by atoms with Gasteiger partial charge in [0.2, 0.25) is 0 Å². The van der Waals surface area contributed by atoms with Crippen LogP contribution in [0.1, 0.15) is 104 Å². The molecular formula is C30H43N3O3. The molecule has 1 heterocycles. The van der Waals surface area contributed by atoms with E-state index in [1.807, 2.05) is 6.20 Å². The second-order valence-electron chi connectivity index (χ2n) is 14.5. The zero-order valence-electron chi connectivity index (χ0n) is 22.9. The van der Waals surface area contributed by atoms with E-state index in [0.717, 1.165) is 57.1 Å². The van der Waals surface area contributed by atoms with Crippen LogP contribution in [0.5, 0.6) is 0 Å². The van der Waals surface area contributed by atoms with Gasteiger partial charge >= 0.3 is 0 Å². The second kappa shape index (κ2) is 7.26. The molecule has 0 bridgehead atoms. The van der Waals surface area contributed by atoms with Gasteiger partial charge in [-0.15, -0.1) is 0 Å². The zero-order chi connectivity index (χ0) is 25.9. The van der Waals surface area contributed by atoms with Crippen LogP contribution in [0.4, 0.5) is 0 Å². The van der Waals surface area contributed by atoms with Crippen LogP contribution < -0.4 is 5.73 Å². The lowest BCUT2D eigenvalue weighted by Crippen LogP contribution is -2.66. The summed E-state index contributed by atoms with van der Waals surface area (Å²) in [7, 11) is 0. The molecule has 0 aliphatic heterocycles. The first kappa shape index (κ1) is 24.2. The molecule has 0 unspecified atom stereocenters. The summed E-state index contributed by atoms with van der Waals surface area (Å²) >= 11 is 0. The summed E-state index contributed by atoms with van der Waals surface area (Å²) in [5.41, 5.74) is 8.49. The van der Waals surface area contributed by atoms with Crippen LogP contribution in [0.25, 0.3) is 0 Å². The number of rotatable bonds is 1. The van der Waals surface area contributed by atoms with Gasteiger partial charge in [-0.05, 0) is 90.9 Å². The van der Waals surface area contributed by atoms with Crippen molar-refractivity contribution in [2.24, 2.45) is 55.7 Å². The summed E-state index contributed by atoms with van der Waals surface area (Å²) in [5.74, 6) is 2.39. The number of carbonyl (C=O) groups is 1. The first-order valence-corrected chi connectivity index (χ1v) is 14.0.